The van der Waals surface area contributed by atoms with E-state index in [9.17, 15) is 0 Å². The second-order valence-corrected chi connectivity index (χ2v) is 3.37. The topological polar surface area (TPSA) is 65.5 Å². The number of hydrogen-bond donors (Lipinski definition) is 3. The summed E-state index contributed by atoms with van der Waals surface area (Å²) in [5.74, 6) is 0.601. The zero-order chi connectivity index (χ0) is 10.7. The van der Waals surface area contributed by atoms with Crippen LogP contribution in [0, 0.1) is 0 Å². The minimum atomic E-state index is -0.837. The number of H-pyrrole nitrogens is 1. The Labute approximate surface area is 87.1 Å². The smallest absolute Gasteiger partial charge is 0.191 e. The van der Waals surface area contributed by atoms with E-state index in [1.54, 1.807) is 0 Å². The molecule has 3 N–H and O–H groups in total. The third kappa shape index (κ3) is 2.29. The number of para-hydroxylation sites is 1. The minimum Gasteiger partial charge on any atom is -0.476 e. The van der Waals surface area contributed by atoms with Gasteiger partial charge in [-0.1, -0.05) is 18.2 Å². The fourth-order valence-corrected chi connectivity index (χ4v) is 1.36. The first-order chi connectivity index (χ1) is 7.29. The maximum absolute atomic E-state index is 9.11. The summed E-state index contributed by atoms with van der Waals surface area (Å²) in [6, 6.07) is 9.67. The average Bonchev–Trinajstić information content (AvgIpc) is 2.68. The first-order valence-electron chi connectivity index (χ1n) is 4.79. The van der Waals surface area contributed by atoms with Crippen molar-refractivity contribution in [2.45, 2.75) is 6.10 Å². The van der Waals surface area contributed by atoms with E-state index < -0.39 is 6.10 Å². The van der Waals surface area contributed by atoms with Crippen LogP contribution in [0.25, 0.3) is 10.9 Å². The van der Waals surface area contributed by atoms with Gasteiger partial charge in [0.1, 0.15) is 12.7 Å². The lowest BCUT2D eigenvalue weighted by Gasteiger charge is -2.07. The van der Waals surface area contributed by atoms with Crippen LogP contribution in [0.5, 0.6) is 5.88 Å². The highest BCUT2D eigenvalue weighted by atomic mass is 16.5. The van der Waals surface area contributed by atoms with Crippen molar-refractivity contribution in [1.82, 2.24) is 4.98 Å². The van der Waals surface area contributed by atoms with Gasteiger partial charge in [-0.3, -0.25) is 0 Å². The molecule has 0 aliphatic heterocycles. The Bertz CT molecular complexity index is 405. The lowest BCUT2D eigenvalue weighted by molar-refractivity contribution is 0.0524. The highest BCUT2D eigenvalue weighted by molar-refractivity contribution is 5.81. The second kappa shape index (κ2) is 4.33. The van der Waals surface area contributed by atoms with Crippen molar-refractivity contribution in [3.8, 4) is 5.88 Å². The first-order valence-corrected chi connectivity index (χ1v) is 4.79. The highest BCUT2D eigenvalue weighted by Gasteiger charge is 2.05. The molecular weight excluding hydrogens is 194 g/mol. The minimum absolute atomic E-state index is 0.0866. The van der Waals surface area contributed by atoms with Gasteiger partial charge < -0.3 is 19.9 Å². The molecule has 1 heterocycles. The number of benzene rings is 1. The molecule has 15 heavy (non-hydrogen) atoms. The van der Waals surface area contributed by atoms with Crippen LogP contribution in [-0.4, -0.2) is 34.5 Å². The normalized spacial score (nSPS) is 12.9. The number of nitrogens with one attached hydrogen (secondary N) is 1. The predicted octanol–water partition coefficient (Wildman–Crippen LogP) is 0.900. The third-order valence-electron chi connectivity index (χ3n) is 2.15. The van der Waals surface area contributed by atoms with Crippen LogP contribution in [0.2, 0.25) is 0 Å². The summed E-state index contributed by atoms with van der Waals surface area (Å²) in [6.07, 6.45) is -0.837. The van der Waals surface area contributed by atoms with Crippen LogP contribution in [0.15, 0.2) is 30.3 Å². The van der Waals surface area contributed by atoms with Crippen LogP contribution in [0.4, 0.5) is 0 Å². The summed E-state index contributed by atoms with van der Waals surface area (Å²) in [5, 5.41) is 18.8. The van der Waals surface area contributed by atoms with Gasteiger partial charge in [-0.25, -0.2) is 0 Å². The van der Waals surface area contributed by atoms with Gasteiger partial charge in [-0.2, -0.15) is 0 Å². The predicted molar refractivity (Wildman–Crippen MR) is 56.9 cm³/mol. The quantitative estimate of drug-likeness (QED) is 0.697. The molecule has 80 valence electrons. The van der Waals surface area contributed by atoms with Gasteiger partial charge >= 0.3 is 0 Å². The molecule has 0 bridgehead atoms. The molecule has 2 rings (SSSR count). The number of hydrogen-bond acceptors (Lipinski definition) is 3. The Hall–Kier alpha value is -1.52. The molecule has 1 atom stereocenters. The Balaban J connectivity index is 2.09. The maximum Gasteiger partial charge on any atom is 0.191 e. The number of aliphatic hydroxyl groups excluding tert-OH is 2. The zero-order valence-corrected chi connectivity index (χ0v) is 8.18. The fourth-order valence-electron chi connectivity index (χ4n) is 1.36. The van der Waals surface area contributed by atoms with Crippen LogP contribution in [0.1, 0.15) is 0 Å². The molecule has 0 aliphatic rings. The van der Waals surface area contributed by atoms with E-state index in [0.29, 0.717) is 5.88 Å². The number of ether oxygens (including phenoxy) is 1. The molecule has 0 radical (unpaired) electrons. The standard InChI is InChI=1S/C11H13NO3/c13-6-9(14)7-15-11-5-8-3-1-2-4-10(8)12-11/h1-5,9,12-14H,6-7H2. The Morgan fingerprint density at radius 3 is 2.87 bits per heavy atom. The molecule has 1 aromatic heterocycles. The van der Waals surface area contributed by atoms with Crippen molar-refractivity contribution < 1.29 is 14.9 Å². The number of rotatable bonds is 4. The van der Waals surface area contributed by atoms with Gasteiger partial charge in [-0.05, 0) is 6.07 Å². The van der Waals surface area contributed by atoms with Gasteiger partial charge in [0.05, 0.1) is 6.61 Å². The lowest BCUT2D eigenvalue weighted by atomic mass is 10.3. The summed E-state index contributed by atoms with van der Waals surface area (Å²) < 4.78 is 5.28. The molecule has 0 fully saturated rings. The number of aliphatic hydroxyl groups is 2. The highest BCUT2D eigenvalue weighted by Crippen LogP contribution is 2.19. The number of fused-ring (bicyclic) bond motifs is 1. The van der Waals surface area contributed by atoms with Crippen LogP contribution < -0.4 is 4.74 Å². The van der Waals surface area contributed by atoms with E-state index in [2.05, 4.69) is 4.98 Å². The molecule has 0 saturated carbocycles. The summed E-state index contributed by atoms with van der Waals surface area (Å²) in [7, 11) is 0. The zero-order valence-electron chi connectivity index (χ0n) is 8.18. The van der Waals surface area contributed by atoms with E-state index in [4.69, 9.17) is 14.9 Å². The molecule has 2 aromatic rings. The summed E-state index contributed by atoms with van der Waals surface area (Å²) >= 11 is 0. The van der Waals surface area contributed by atoms with Crippen molar-refractivity contribution >= 4 is 10.9 Å². The molecule has 0 saturated heterocycles. The molecule has 1 aromatic carbocycles. The van der Waals surface area contributed by atoms with Gasteiger partial charge in [0.2, 0.25) is 0 Å². The second-order valence-electron chi connectivity index (χ2n) is 3.37. The van der Waals surface area contributed by atoms with Crippen molar-refractivity contribution in [1.29, 1.82) is 0 Å². The number of aromatic amines is 1. The molecule has 4 heteroatoms. The van der Waals surface area contributed by atoms with Gasteiger partial charge in [-0.15, -0.1) is 0 Å². The molecular formula is C11H13NO3. The Morgan fingerprint density at radius 2 is 2.13 bits per heavy atom. The molecule has 0 aliphatic carbocycles. The van der Waals surface area contributed by atoms with E-state index >= 15 is 0 Å². The molecule has 1 unspecified atom stereocenters. The first kappa shape index (κ1) is 10.0. The van der Waals surface area contributed by atoms with Crippen molar-refractivity contribution in [2.75, 3.05) is 13.2 Å². The van der Waals surface area contributed by atoms with Crippen LogP contribution in [0.3, 0.4) is 0 Å². The molecule has 4 nitrogen and oxygen atoms in total. The largest absolute Gasteiger partial charge is 0.476 e. The van der Waals surface area contributed by atoms with Gasteiger partial charge in [0, 0.05) is 17.0 Å². The van der Waals surface area contributed by atoms with E-state index in [1.165, 1.54) is 0 Å². The van der Waals surface area contributed by atoms with Crippen LogP contribution >= 0.6 is 0 Å². The van der Waals surface area contributed by atoms with Crippen LogP contribution in [-0.2, 0) is 0 Å². The van der Waals surface area contributed by atoms with Crippen molar-refractivity contribution in [3.63, 3.8) is 0 Å². The summed E-state index contributed by atoms with van der Waals surface area (Å²) in [4.78, 5) is 3.06. The fraction of sp³-hybridized carbons (Fsp3) is 0.273. The SMILES string of the molecule is OCC(O)COc1cc2ccccc2[nH]1. The monoisotopic (exact) mass is 207 g/mol. The lowest BCUT2D eigenvalue weighted by Crippen LogP contribution is -2.21. The van der Waals surface area contributed by atoms with Crippen molar-refractivity contribution in [3.05, 3.63) is 30.3 Å². The van der Waals surface area contributed by atoms with E-state index in [-0.39, 0.29) is 13.2 Å². The molecule has 0 spiro atoms. The Morgan fingerprint density at radius 1 is 1.33 bits per heavy atom. The third-order valence-corrected chi connectivity index (χ3v) is 2.15. The van der Waals surface area contributed by atoms with Crippen molar-refractivity contribution in [2.24, 2.45) is 0 Å². The summed E-state index contributed by atoms with van der Waals surface area (Å²) in [5.41, 5.74) is 0.992. The number of aromatic nitrogens is 1. The Kier molecular flexibility index (Phi) is 2.89. The molecule has 0 amide bonds. The van der Waals surface area contributed by atoms with Gasteiger partial charge in [0.15, 0.2) is 5.88 Å². The summed E-state index contributed by atoms with van der Waals surface area (Å²) in [6.45, 7) is -0.205. The van der Waals surface area contributed by atoms with E-state index in [1.807, 2.05) is 30.3 Å². The maximum atomic E-state index is 9.11. The van der Waals surface area contributed by atoms with Gasteiger partial charge in [0.25, 0.3) is 0 Å². The average molecular weight is 207 g/mol. The van der Waals surface area contributed by atoms with E-state index in [0.717, 1.165) is 10.9 Å².